The van der Waals surface area contributed by atoms with Gasteiger partial charge >= 0.3 is 5.97 Å². The summed E-state index contributed by atoms with van der Waals surface area (Å²) >= 11 is 7.43. The number of aliphatic hydroxyl groups is 1. The van der Waals surface area contributed by atoms with E-state index in [2.05, 4.69) is 9.88 Å². The van der Waals surface area contributed by atoms with Crippen LogP contribution in [-0.2, 0) is 4.79 Å². The molecule has 6 nitrogen and oxygen atoms in total. The first-order valence-corrected chi connectivity index (χ1v) is 13.3. The Hall–Kier alpha value is -2.39. The summed E-state index contributed by atoms with van der Waals surface area (Å²) < 4.78 is 18.9. The lowest BCUT2D eigenvalue weighted by molar-refractivity contribution is -0.146. The Balaban J connectivity index is 1.33. The number of hydrogen-bond acceptors (Lipinski definition) is 6. The van der Waals surface area contributed by atoms with Crippen LogP contribution < -0.4 is 4.74 Å². The Morgan fingerprint density at radius 3 is 2.89 bits per heavy atom. The lowest BCUT2D eigenvalue weighted by Gasteiger charge is -2.37. The van der Waals surface area contributed by atoms with Crippen LogP contribution in [0.1, 0.15) is 30.9 Å². The average molecular weight is 533 g/mol. The molecule has 0 radical (unpaired) electrons. The van der Waals surface area contributed by atoms with Crippen molar-refractivity contribution in [3.05, 3.63) is 65.1 Å². The number of rotatable bonds is 10. The molecule has 1 aliphatic heterocycles. The third-order valence-electron chi connectivity index (χ3n) is 6.82. The van der Waals surface area contributed by atoms with Gasteiger partial charge in [0.2, 0.25) is 0 Å². The number of hydrogen-bond donors (Lipinski definition) is 2. The maximum atomic E-state index is 13.5. The number of likely N-dealkylation sites (tertiary alicyclic amines) is 1. The van der Waals surface area contributed by atoms with Crippen LogP contribution >= 0.6 is 23.4 Å². The summed E-state index contributed by atoms with van der Waals surface area (Å²) in [5.74, 6) is -0.255. The van der Waals surface area contributed by atoms with Gasteiger partial charge in [-0.15, -0.1) is 11.8 Å². The number of aromatic nitrogens is 1. The van der Waals surface area contributed by atoms with Crippen molar-refractivity contribution in [1.29, 1.82) is 0 Å². The predicted octanol–water partition coefficient (Wildman–Crippen LogP) is 5.66. The molecule has 2 N–H and O–H groups in total. The number of thioether (sulfide) groups is 1. The second-order valence-corrected chi connectivity index (χ2v) is 10.7. The summed E-state index contributed by atoms with van der Waals surface area (Å²) in [5, 5.41) is 22.1. The van der Waals surface area contributed by atoms with Crippen molar-refractivity contribution in [2.24, 2.45) is 11.8 Å². The van der Waals surface area contributed by atoms with E-state index >= 15 is 0 Å². The van der Waals surface area contributed by atoms with Crippen molar-refractivity contribution < 1.29 is 24.1 Å². The van der Waals surface area contributed by atoms with Crippen molar-refractivity contribution >= 4 is 40.2 Å². The fourth-order valence-electron chi connectivity index (χ4n) is 4.89. The zero-order chi connectivity index (χ0) is 25.7. The Labute approximate surface area is 219 Å². The molecule has 36 heavy (non-hydrogen) atoms. The van der Waals surface area contributed by atoms with Crippen molar-refractivity contribution in [1.82, 2.24) is 9.88 Å². The van der Waals surface area contributed by atoms with E-state index < -0.39 is 18.0 Å². The molecule has 9 heteroatoms. The lowest BCUT2D eigenvalue weighted by atomic mass is 9.81. The molecule has 0 amide bonds. The quantitative estimate of drug-likeness (QED) is 0.326. The zero-order valence-electron chi connectivity index (χ0n) is 20.1. The van der Waals surface area contributed by atoms with E-state index in [1.165, 1.54) is 23.9 Å². The van der Waals surface area contributed by atoms with Gasteiger partial charge in [0.15, 0.2) is 0 Å². The van der Waals surface area contributed by atoms with E-state index in [1.54, 1.807) is 19.4 Å². The molecule has 1 aliphatic rings. The van der Waals surface area contributed by atoms with Crippen LogP contribution in [-0.4, -0.2) is 58.6 Å². The largest absolute Gasteiger partial charge is 0.497 e. The molecule has 0 aliphatic carbocycles. The number of carboxylic acid groups (broad SMARTS) is 1. The minimum Gasteiger partial charge on any atom is -0.497 e. The topological polar surface area (TPSA) is 82.9 Å². The van der Waals surface area contributed by atoms with Crippen LogP contribution in [0.3, 0.4) is 0 Å². The molecule has 1 saturated heterocycles. The van der Waals surface area contributed by atoms with Crippen molar-refractivity contribution in [2.45, 2.75) is 30.3 Å². The van der Waals surface area contributed by atoms with Crippen molar-refractivity contribution in [3.63, 3.8) is 0 Å². The van der Waals surface area contributed by atoms with E-state index in [1.807, 2.05) is 24.3 Å². The highest BCUT2D eigenvalue weighted by Crippen LogP contribution is 2.34. The van der Waals surface area contributed by atoms with Gasteiger partial charge in [-0.05, 0) is 79.8 Å². The van der Waals surface area contributed by atoms with Gasteiger partial charge in [0, 0.05) is 40.3 Å². The van der Waals surface area contributed by atoms with E-state index in [4.69, 9.17) is 16.3 Å². The number of pyridine rings is 1. The molecule has 192 valence electrons. The summed E-state index contributed by atoms with van der Waals surface area (Å²) in [6.07, 6.45) is 2.81. The second kappa shape index (κ2) is 12.2. The van der Waals surface area contributed by atoms with Gasteiger partial charge in [0.05, 0.1) is 24.6 Å². The molecular weight excluding hydrogens is 503 g/mol. The molecule has 1 aromatic heterocycles. The van der Waals surface area contributed by atoms with Crippen LogP contribution in [0.25, 0.3) is 10.9 Å². The number of ether oxygens (including phenoxy) is 1. The summed E-state index contributed by atoms with van der Waals surface area (Å²) in [6.45, 7) is 1.98. The molecule has 0 spiro atoms. The summed E-state index contributed by atoms with van der Waals surface area (Å²) in [5.41, 5.74) is 1.56. The van der Waals surface area contributed by atoms with E-state index in [0.29, 0.717) is 42.5 Å². The lowest BCUT2D eigenvalue weighted by Crippen LogP contribution is -2.44. The van der Waals surface area contributed by atoms with E-state index in [0.717, 1.165) is 34.3 Å². The molecule has 2 aromatic carbocycles. The fourth-order valence-corrected chi connectivity index (χ4v) is 6.17. The fraction of sp³-hybridized carbons (Fsp3) is 0.407. The van der Waals surface area contributed by atoms with Gasteiger partial charge < -0.3 is 19.8 Å². The summed E-state index contributed by atoms with van der Waals surface area (Å²) in [4.78, 5) is 19.4. The van der Waals surface area contributed by atoms with Crippen molar-refractivity contribution in [2.75, 3.05) is 32.5 Å². The molecule has 2 heterocycles. The molecule has 1 fully saturated rings. The number of carboxylic acids is 1. The Kier molecular flexibility index (Phi) is 9.06. The normalized spacial score (nSPS) is 19.3. The molecular formula is C27H30ClFN2O4S. The van der Waals surface area contributed by atoms with E-state index in [9.17, 15) is 19.4 Å². The monoisotopic (exact) mass is 532 g/mol. The number of carbonyl (C=O) groups is 1. The maximum absolute atomic E-state index is 13.5. The number of methoxy groups -OCH3 is 1. The summed E-state index contributed by atoms with van der Waals surface area (Å²) in [6, 6.07) is 11.8. The first-order valence-electron chi connectivity index (χ1n) is 12.0. The van der Waals surface area contributed by atoms with Gasteiger partial charge in [0.1, 0.15) is 11.6 Å². The zero-order valence-corrected chi connectivity index (χ0v) is 21.6. The van der Waals surface area contributed by atoms with E-state index in [-0.39, 0.29) is 11.7 Å². The highest BCUT2D eigenvalue weighted by Gasteiger charge is 2.34. The number of aliphatic hydroxyl groups excluding tert-OH is 1. The van der Waals surface area contributed by atoms with Gasteiger partial charge in [-0.3, -0.25) is 9.78 Å². The maximum Gasteiger partial charge on any atom is 0.308 e. The molecule has 3 aromatic rings. The SMILES string of the molecule is COc1ccc2nccc(C(O)CC[C@@H]3CCN(CCSc4cc(F)cc(Cl)c4)C[C@@H]3C(=O)O)c2c1. The highest BCUT2D eigenvalue weighted by molar-refractivity contribution is 7.99. The predicted molar refractivity (Wildman–Crippen MR) is 140 cm³/mol. The van der Waals surface area contributed by atoms with Crippen LogP contribution in [0.15, 0.2) is 53.6 Å². The number of piperidine rings is 1. The molecule has 0 bridgehead atoms. The smallest absolute Gasteiger partial charge is 0.308 e. The van der Waals surface area contributed by atoms with Crippen molar-refractivity contribution in [3.8, 4) is 5.75 Å². The molecule has 3 atom stereocenters. The third kappa shape index (κ3) is 6.68. The first-order chi connectivity index (χ1) is 17.3. The van der Waals surface area contributed by atoms with Crippen LogP contribution in [0.5, 0.6) is 5.75 Å². The van der Waals surface area contributed by atoms with Gasteiger partial charge in [-0.1, -0.05) is 11.6 Å². The van der Waals surface area contributed by atoms with Crippen LogP contribution in [0.4, 0.5) is 4.39 Å². The number of benzene rings is 2. The van der Waals surface area contributed by atoms with Crippen LogP contribution in [0, 0.1) is 17.7 Å². The number of aliphatic carboxylic acids is 1. The van der Waals surface area contributed by atoms with Gasteiger partial charge in [-0.25, -0.2) is 4.39 Å². The van der Waals surface area contributed by atoms with Gasteiger partial charge in [-0.2, -0.15) is 0 Å². The standard InChI is InChI=1S/C27H30ClFN2O4S/c1-35-20-3-4-25-23(15-20)22(6-8-30-25)26(32)5-2-17-7-9-31(16-24(17)27(33)34)10-11-36-21-13-18(28)12-19(29)14-21/h3-4,6,8,12-15,17,24,26,32H,2,5,7,9-11,16H2,1H3,(H,33,34)/t17-,24+,26?/m1/s1. The Bertz CT molecular complexity index is 1190. The number of halogens is 2. The molecule has 1 unspecified atom stereocenters. The summed E-state index contributed by atoms with van der Waals surface area (Å²) in [7, 11) is 1.60. The minimum atomic E-state index is -0.803. The third-order valence-corrected chi connectivity index (χ3v) is 8.00. The first kappa shape index (κ1) is 26.7. The highest BCUT2D eigenvalue weighted by atomic mass is 35.5. The second-order valence-electron chi connectivity index (χ2n) is 9.12. The van der Waals surface area contributed by atoms with Gasteiger partial charge in [0.25, 0.3) is 0 Å². The Morgan fingerprint density at radius 1 is 1.31 bits per heavy atom. The Morgan fingerprint density at radius 2 is 2.14 bits per heavy atom. The number of nitrogens with zero attached hydrogens (tertiary/aromatic N) is 2. The molecule has 0 saturated carbocycles. The molecule has 4 rings (SSSR count). The number of fused-ring (bicyclic) bond motifs is 1. The minimum absolute atomic E-state index is 0.00860. The van der Waals surface area contributed by atoms with Crippen LogP contribution in [0.2, 0.25) is 5.02 Å². The average Bonchev–Trinajstić information content (AvgIpc) is 2.86.